The van der Waals surface area contributed by atoms with Crippen molar-refractivity contribution in [2.24, 2.45) is 11.8 Å². The summed E-state index contributed by atoms with van der Waals surface area (Å²) in [5.41, 5.74) is 8.00. The van der Waals surface area contributed by atoms with Crippen molar-refractivity contribution >= 4 is 36.4 Å². The topological polar surface area (TPSA) is 0 Å². The number of benzene rings is 2. The van der Waals surface area contributed by atoms with E-state index in [0.29, 0.717) is 11.8 Å². The van der Waals surface area contributed by atoms with Crippen LogP contribution >= 0.6 is 18.6 Å². The van der Waals surface area contributed by atoms with E-state index in [1.807, 2.05) is 0 Å². The van der Waals surface area contributed by atoms with Crippen LogP contribution in [0.1, 0.15) is 51.7 Å². The zero-order valence-corrected chi connectivity index (χ0v) is 26.9. The van der Waals surface area contributed by atoms with Gasteiger partial charge in [-0.2, -0.15) is 0 Å². The fourth-order valence-corrected chi connectivity index (χ4v) is 24.4. The van der Waals surface area contributed by atoms with Crippen molar-refractivity contribution in [3.8, 4) is 0 Å². The van der Waals surface area contributed by atoms with Gasteiger partial charge in [-0.1, -0.05) is 0 Å². The Morgan fingerprint density at radius 1 is 0.667 bits per heavy atom. The van der Waals surface area contributed by atoms with Gasteiger partial charge in [-0.15, -0.1) is 0 Å². The molecule has 4 rings (SSSR count). The van der Waals surface area contributed by atoms with Crippen molar-refractivity contribution in [2.75, 3.05) is 0 Å². The van der Waals surface area contributed by atoms with E-state index in [1.165, 1.54) is 33.4 Å². The Kier molecular flexibility index (Phi) is 8.50. The van der Waals surface area contributed by atoms with Crippen molar-refractivity contribution in [3.05, 3.63) is 107 Å². The van der Waals surface area contributed by atoms with Gasteiger partial charge < -0.3 is 0 Å². The first kappa shape index (κ1) is 27.9. The molecule has 2 aliphatic rings. The van der Waals surface area contributed by atoms with Crippen molar-refractivity contribution in [3.63, 3.8) is 0 Å². The number of allylic oxidation sites excluding steroid dienone is 8. The van der Waals surface area contributed by atoms with Crippen LogP contribution in [0.5, 0.6) is 0 Å². The van der Waals surface area contributed by atoms with Crippen LogP contribution in [0.3, 0.4) is 0 Å². The molecule has 0 amide bonds. The van der Waals surface area contributed by atoms with Gasteiger partial charge in [-0.05, 0) is 0 Å². The summed E-state index contributed by atoms with van der Waals surface area (Å²) in [5, 5.41) is 0. The molecule has 0 N–H and O–H groups in total. The van der Waals surface area contributed by atoms with E-state index in [9.17, 15) is 0 Å². The summed E-state index contributed by atoms with van der Waals surface area (Å²) in [6, 6.07) is 21.7. The monoisotopic (exact) mass is 571 g/mol. The second-order valence-corrected chi connectivity index (χ2v) is 41.3. The summed E-state index contributed by atoms with van der Waals surface area (Å²) in [5.74, 6) is 1.18. The first-order chi connectivity index (χ1) is 17.0. The molecule has 0 aromatic heterocycles. The number of halogens is 2. The summed E-state index contributed by atoms with van der Waals surface area (Å²) in [6.07, 6.45) is 11.9. The predicted molar refractivity (Wildman–Crippen MR) is 162 cm³/mol. The number of hydrogen-bond acceptors (Lipinski definition) is 0. The molecule has 2 aliphatic carbocycles. The molecule has 0 aliphatic heterocycles. The molecule has 0 saturated heterocycles. The number of rotatable bonds is 9. The van der Waals surface area contributed by atoms with Crippen LogP contribution in [0.25, 0.3) is 11.1 Å². The van der Waals surface area contributed by atoms with E-state index >= 15 is 0 Å². The van der Waals surface area contributed by atoms with Crippen molar-refractivity contribution in [1.29, 1.82) is 0 Å². The molecular formula is C32H41Cl2SiTi. The molecule has 2 atom stereocenters. The van der Waals surface area contributed by atoms with E-state index in [-0.39, 0.29) is 8.45 Å². The van der Waals surface area contributed by atoms with E-state index in [0.717, 1.165) is 12.8 Å². The molecule has 36 heavy (non-hydrogen) atoms. The van der Waals surface area contributed by atoms with E-state index in [4.69, 9.17) is 18.6 Å². The van der Waals surface area contributed by atoms with Crippen molar-refractivity contribution in [2.45, 2.75) is 62.1 Å². The fraction of sp³-hybridized carbons (Fsp3) is 0.375. The summed E-state index contributed by atoms with van der Waals surface area (Å²) in [7, 11) is 16.6. The van der Waals surface area contributed by atoms with E-state index < -0.39 is 19.1 Å². The van der Waals surface area contributed by atoms with E-state index in [2.05, 4.69) is 126 Å². The van der Waals surface area contributed by atoms with E-state index in [1.54, 1.807) is 0 Å². The Bertz CT molecular complexity index is 1110. The minimum atomic E-state index is -4.30. The molecule has 2 unspecified atom stereocenters. The van der Waals surface area contributed by atoms with Crippen LogP contribution in [0.4, 0.5) is 0 Å². The van der Waals surface area contributed by atoms with Crippen LogP contribution in [0.15, 0.2) is 96.1 Å². The Morgan fingerprint density at radius 2 is 1.03 bits per heavy atom. The summed E-state index contributed by atoms with van der Waals surface area (Å²) in [6.45, 7) is 12.5. The first-order valence-electron chi connectivity index (χ1n) is 13.5. The average Bonchev–Trinajstić information content (AvgIpc) is 3.45. The SMILES string of the molecule is CC(C)CC1=C[CH]([Ti]([Cl])([Cl])([CH]2C=C(CC(C)C)C=C2c2ccccc2)[SiH](C)C)C(c2ccccc2)=C1. The quantitative estimate of drug-likeness (QED) is 0.262. The van der Waals surface area contributed by atoms with Gasteiger partial charge in [0.05, 0.1) is 0 Å². The standard InChI is InChI=1S/2C15H17.C2H7Si.2ClH.Ti/c2*1-12(2)10-13-8-9-15(11-13)14-6-4-3-5-7-14;1-3-2;;;/h2*3-9,11-12H,10H2,1-2H3;3H,1-2H3;2*1H;/q;;;;;+2/p-2. The molecule has 2 aromatic rings. The molecule has 4 heteroatoms. The molecule has 0 spiro atoms. The van der Waals surface area contributed by atoms with Gasteiger partial charge in [0, 0.05) is 0 Å². The Balaban J connectivity index is 1.92. The van der Waals surface area contributed by atoms with Gasteiger partial charge >= 0.3 is 230 Å². The first-order valence-corrected chi connectivity index (χ1v) is 25.2. The maximum atomic E-state index is 8.28. The molecule has 0 saturated carbocycles. The zero-order chi connectivity index (χ0) is 26.1. The molecule has 0 heterocycles. The van der Waals surface area contributed by atoms with Gasteiger partial charge in [0.25, 0.3) is 0 Å². The van der Waals surface area contributed by atoms with Crippen LogP contribution in [0.2, 0.25) is 21.5 Å². The molecule has 0 bridgehead atoms. The maximum absolute atomic E-state index is 8.28. The van der Waals surface area contributed by atoms with Gasteiger partial charge in [0.15, 0.2) is 0 Å². The van der Waals surface area contributed by atoms with Gasteiger partial charge in [-0.25, -0.2) is 0 Å². The Labute approximate surface area is 228 Å². The van der Waals surface area contributed by atoms with Crippen LogP contribution in [-0.4, -0.2) is 6.66 Å². The van der Waals surface area contributed by atoms with Gasteiger partial charge in [0.2, 0.25) is 0 Å². The summed E-state index contributed by atoms with van der Waals surface area (Å²) in [4.78, 5) is 0. The average molecular weight is 573 g/mol. The molecule has 0 radical (unpaired) electrons. The predicted octanol–water partition coefficient (Wildman–Crippen LogP) is 10.7. The summed E-state index contributed by atoms with van der Waals surface area (Å²) >= 11 is -4.30. The fourth-order valence-electron chi connectivity index (χ4n) is 6.09. The number of hydrogen-bond donors (Lipinski definition) is 0. The second kappa shape index (κ2) is 11.0. The minimum absolute atomic E-state index is 0.111. The molecular weight excluding hydrogens is 531 g/mol. The third kappa shape index (κ3) is 5.38. The van der Waals surface area contributed by atoms with Gasteiger partial charge in [0.1, 0.15) is 0 Å². The normalized spacial score (nSPS) is 21.4. The van der Waals surface area contributed by atoms with Crippen LogP contribution < -0.4 is 0 Å². The van der Waals surface area contributed by atoms with Crippen LogP contribution in [0, 0.1) is 11.8 Å². The molecule has 0 fully saturated rings. The third-order valence-corrected chi connectivity index (χ3v) is 43.3. The zero-order valence-electron chi connectivity index (χ0n) is 22.6. The van der Waals surface area contributed by atoms with Crippen molar-refractivity contribution in [1.82, 2.24) is 0 Å². The third-order valence-electron chi connectivity index (χ3n) is 7.91. The molecule has 2 aromatic carbocycles. The molecule has 0 nitrogen and oxygen atoms in total. The summed E-state index contributed by atoms with van der Waals surface area (Å²) < 4.78 is 0.222. The Morgan fingerprint density at radius 3 is 1.33 bits per heavy atom. The molecule has 191 valence electrons. The second-order valence-electron chi connectivity index (χ2n) is 11.9. The van der Waals surface area contributed by atoms with Crippen LogP contribution in [-0.2, 0) is 12.4 Å². The van der Waals surface area contributed by atoms with Crippen molar-refractivity contribution < 1.29 is 12.4 Å². The van der Waals surface area contributed by atoms with Gasteiger partial charge in [-0.3, -0.25) is 0 Å². The Hall–Kier alpha value is -1.09.